The summed E-state index contributed by atoms with van der Waals surface area (Å²) in [6.45, 7) is 2.02. The van der Waals surface area contributed by atoms with Crippen molar-refractivity contribution in [1.82, 2.24) is 20.4 Å². The number of benzene rings is 1. The van der Waals surface area contributed by atoms with Crippen LogP contribution in [-0.2, 0) is 4.79 Å². The molecular formula is C17H18N6O4S4. The first-order valence-corrected chi connectivity index (χ1v) is 12.4. The van der Waals surface area contributed by atoms with E-state index in [9.17, 15) is 9.59 Å². The van der Waals surface area contributed by atoms with Crippen LogP contribution in [0.2, 0.25) is 0 Å². The maximum atomic E-state index is 12.5. The molecule has 0 saturated heterocycles. The fourth-order valence-electron chi connectivity index (χ4n) is 2.19. The predicted octanol–water partition coefficient (Wildman–Crippen LogP) is 3.50. The average Bonchev–Trinajstić information content (AvgIpc) is 3.41. The van der Waals surface area contributed by atoms with Gasteiger partial charge in [-0.15, -0.1) is 20.4 Å². The van der Waals surface area contributed by atoms with E-state index in [1.807, 2.05) is 6.92 Å². The van der Waals surface area contributed by atoms with Crippen LogP contribution in [0.1, 0.15) is 17.3 Å². The molecule has 0 aliphatic carbocycles. The summed E-state index contributed by atoms with van der Waals surface area (Å²) < 4.78 is 11.7. The van der Waals surface area contributed by atoms with Crippen molar-refractivity contribution in [2.24, 2.45) is 0 Å². The van der Waals surface area contributed by atoms with Crippen LogP contribution >= 0.6 is 46.2 Å². The van der Waals surface area contributed by atoms with Crippen molar-refractivity contribution in [2.45, 2.75) is 15.6 Å². The molecule has 0 bridgehead atoms. The van der Waals surface area contributed by atoms with Gasteiger partial charge < -0.3 is 9.47 Å². The Balaban J connectivity index is 1.51. The van der Waals surface area contributed by atoms with Gasteiger partial charge in [0, 0.05) is 5.56 Å². The van der Waals surface area contributed by atoms with E-state index in [-0.39, 0.29) is 17.6 Å². The number of hydrogen-bond acceptors (Lipinski definition) is 12. The number of thioether (sulfide) groups is 2. The number of nitrogens with one attached hydrogen (secondary N) is 2. The van der Waals surface area contributed by atoms with Crippen LogP contribution in [0.15, 0.2) is 26.9 Å². The normalized spacial score (nSPS) is 10.5. The SMILES string of the molecule is CCSc1nnc(NC(=O)CSc2nnc(NC(=O)c3ccc(OC)c(OC)c3)s2)s1. The molecule has 0 unspecified atom stereocenters. The second-order valence-corrected chi connectivity index (χ2v) is 10.2. The van der Waals surface area contributed by atoms with Gasteiger partial charge in [0.15, 0.2) is 20.2 Å². The number of methoxy groups -OCH3 is 2. The Morgan fingerprint density at radius 3 is 2.23 bits per heavy atom. The van der Waals surface area contributed by atoms with Crippen LogP contribution in [-0.4, -0.2) is 57.9 Å². The third kappa shape index (κ3) is 6.53. The molecule has 0 saturated carbocycles. The van der Waals surface area contributed by atoms with Gasteiger partial charge in [-0.05, 0) is 24.0 Å². The minimum Gasteiger partial charge on any atom is -0.493 e. The minimum absolute atomic E-state index is 0.133. The van der Waals surface area contributed by atoms with E-state index in [2.05, 4.69) is 31.0 Å². The molecule has 2 heterocycles. The number of anilines is 2. The number of rotatable bonds is 10. The molecule has 0 aliphatic rings. The molecule has 3 aromatic rings. The number of amides is 2. The maximum absolute atomic E-state index is 12.5. The molecule has 1 aromatic carbocycles. The van der Waals surface area contributed by atoms with Crippen LogP contribution in [0.25, 0.3) is 0 Å². The standard InChI is InChI=1S/C17H18N6O4S4/c1-4-28-16-22-20-14(30-16)18-12(24)8-29-17-23-21-15(31-17)19-13(25)9-5-6-10(26-2)11(7-9)27-3/h5-7H,4,8H2,1-3H3,(H,18,20,24)(H,19,21,25). The zero-order valence-electron chi connectivity index (χ0n) is 16.7. The molecule has 0 radical (unpaired) electrons. The molecule has 0 aliphatic heterocycles. The van der Waals surface area contributed by atoms with E-state index in [0.717, 1.165) is 10.1 Å². The number of hydrogen-bond donors (Lipinski definition) is 2. The lowest BCUT2D eigenvalue weighted by atomic mass is 10.2. The second kappa shape index (κ2) is 11.3. The summed E-state index contributed by atoms with van der Waals surface area (Å²) >= 11 is 5.29. The molecule has 2 amide bonds. The van der Waals surface area contributed by atoms with Crippen molar-refractivity contribution >= 4 is 68.3 Å². The number of carbonyl (C=O) groups is 2. The van der Waals surface area contributed by atoms with Gasteiger partial charge in [0.25, 0.3) is 5.91 Å². The monoisotopic (exact) mass is 498 g/mol. The van der Waals surface area contributed by atoms with E-state index in [0.29, 0.717) is 31.7 Å². The Labute approximate surface area is 194 Å². The minimum atomic E-state index is -0.358. The van der Waals surface area contributed by atoms with Gasteiger partial charge in [0.05, 0.1) is 20.0 Å². The first-order valence-electron chi connectivity index (χ1n) is 8.78. The number of ether oxygens (including phenoxy) is 2. The first-order chi connectivity index (χ1) is 15.0. The number of carbonyl (C=O) groups excluding carboxylic acids is 2. The molecule has 0 spiro atoms. The lowest BCUT2D eigenvalue weighted by molar-refractivity contribution is -0.113. The summed E-state index contributed by atoms with van der Waals surface area (Å²) in [5.74, 6) is 1.42. The van der Waals surface area contributed by atoms with Crippen molar-refractivity contribution in [3.63, 3.8) is 0 Å². The van der Waals surface area contributed by atoms with Crippen molar-refractivity contribution < 1.29 is 19.1 Å². The van der Waals surface area contributed by atoms with Gasteiger partial charge in [-0.25, -0.2) is 0 Å². The topological polar surface area (TPSA) is 128 Å². The zero-order chi connectivity index (χ0) is 22.2. The molecule has 0 fully saturated rings. The molecular weight excluding hydrogens is 480 g/mol. The van der Waals surface area contributed by atoms with Crippen LogP contribution in [0, 0.1) is 0 Å². The molecule has 3 rings (SSSR count). The third-order valence-corrected chi connectivity index (χ3v) is 7.35. The van der Waals surface area contributed by atoms with E-state index in [1.165, 1.54) is 48.7 Å². The van der Waals surface area contributed by atoms with Crippen molar-refractivity contribution in [1.29, 1.82) is 0 Å². The summed E-state index contributed by atoms with van der Waals surface area (Å²) in [5, 5.41) is 22.0. The smallest absolute Gasteiger partial charge is 0.257 e. The zero-order valence-corrected chi connectivity index (χ0v) is 20.0. The highest BCUT2D eigenvalue weighted by Crippen LogP contribution is 2.30. The fraction of sp³-hybridized carbons (Fsp3) is 0.294. The van der Waals surface area contributed by atoms with Crippen LogP contribution < -0.4 is 20.1 Å². The molecule has 2 aromatic heterocycles. The summed E-state index contributed by atoms with van der Waals surface area (Å²) in [4.78, 5) is 24.6. The summed E-state index contributed by atoms with van der Waals surface area (Å²) in [6, 6.07) is 4.85. The molecule has 10 nitrogen and oxygen atoms in total. The number of aromatic nitrogens is 4. The lowest BCUT2D eigenvalue weighted by Crippen LogP contribution is -2.13. The largest absolute Gasteiger partial charge is 0.493 e. The highest BCUT2D eigenvalue weighted by atomic mass is 32.2. The van der Waals surface area contributed by atoms with Gasteiger partial charge in [0.2, 0.25) is 16.2 Å². The summed E-state index contributed by atoms with van der Waals surface area (Å²) in [5.41, 5.74) is 0.388. The van der Waals surface area contributed by atoms with Gasteiger partial charge in [-0.3, -0.25) is 20.2 Å². The Kier molecular flexibility index (Phi) is 8.45. The highest BCUT2D eigenvalue weighted by Gasteiger charge is 2.15. The Bertz CT molecular complexity index is 1060. The van der Waals surface area contributed by atoms with Crippen LogP contribution in [0.4, 0.5) is 10.3 Å². The first kappa shape index (κ1) is 23.2. The molecule has 31 heavy (non-hydrogen) atoms. The van der Waals surface area contributed by atoms with Gasteiger partial charge in [0.1, 0.15) is 0 Å². The quantitative estimate of drug-likeness (QED) is 0.316. The average molecular weight is 499 g/mol. The fourth-order valence-corrected chi connectivity index (χ4v) is 5.40. The maximum Gasteiger partial charge on any atom is 0.257 e. The van der Waals surface area contributed by atoms with E-state index >= 15 is 0 Å². The Morgan fingerprint density at radius 1 is 0.935 bits per heavy atom. The van der Waals surface area contributed by atoms with Crippen LogP contribution in [0.5, 0.6) is 11.5 Å². The molecule has 2 N–H and O–H groups in total. The predicted molar refractivity (Wildman–Crippen MR) is 123 cm³/mol. The molecule has 14 heteroatoms. The molecule has 0 atom stereocenters. The second-order valence-electron chi connectivity index (χ2n) is 5.54. The van der Waals surface area contributed by atoms with E-state index < -0.39 is 0 Å². The summed E-state index contributed by atoms with van der Waals surface area (Å²) in [7, 11) is 3.02. The Morgan fingerprint density at radius 2 is 1.58 bits per heavy atom. The van der Waals surface area contributed by atoms with Gasteiger partial charge in [-0.2, -0.15) is 0 Å². The van der Waals surface area contributed by atoms with E-state index in [4.69, 9.17) is 9.47 Å². The third-order valence-electron chi connectivity index (χ3n) is 3.52. The molecule has 164 valence electrons. The summed E-state index contributed by atoms with van der Waals surface area (Å²) in [6.07, 6.45) is 0. The van der Waals surface area contributed by atoms with Crippen molar-refractivity contribution in [3.8, 4) is 11.5 Å². The van der Waals surface area contributed by atoms with Crippen LogP contribution in [0.3, 0.4) is 0 Å². The van der Waals surface area contributed by atoms with Gasteiger partial charge >= 0.3 is 0 Å². The lowest BCUT2D eigenvalue weighted by Gasteiger charge is -2.08. The number of nitrogens with zero attached hydrogens (tertiary/aromatic N) is 4. The van der Waals surface area contributed by atoms with Gasteiger partial charge in [-0.1, -0.05) is 53.1 Å². The Hall–Kier alpha value is -2.42. The highest BCUT2D eigenvalue weighted by molar-refractivity contribution is 8.01. The van der Waals surface area contributed by atoms with Crippen molar-refractivity contribution in [2.75, 3.05) is 36.4 Å². The van der Waals surface area contributed by atoms with Crippen molar-refractivity contribution in [3.05, 3.63) is 23.8 Å². The van der Waals surface area contributed by atoms with E-state index in [1.54, 1.807) is 30.0 Å².